The first-order valence-corrected chi connectivity index (χ1v) is 8.02. The Morgan fingerprint density at radius 1 is 1.30 bits per heavy atom. The first kappa shape index (κ1) is 16.2. The quantitative estimate of drug-likeness (QED) is 0.802. The van der Waals surface area contributed by atoms with Gasteiger partial charge in [0.1, 0.15) is 16.4 Å². The number of carbonyl (C=O) groups is 1. The lowest BCUT2D eigenvalue weighted by molar-refractivity contribution is 0.0803. The summed E-state index contributed by atoms with van der Waals surface area (Å²) < 4.78 is 22.1. The van der Waals surface area contributed by atoms with E-state index >= 15 is 0 Å². The molecule has 0 spiro atoms. The molecule has 6 heteroatoms. The Hall–Kier alpha value is -1.84. The number of rotatable bonds is 4. The first-order chi connectivity index (χ1) is 9.33. The largest absolute Gasteiger partial charge is 0.384 e. The molecule has 0 fully saturated rings. The molecule has 108 valence electrons. The Kier molecular flexibility index (Phi) is 5.74. The molecule has 1 N–H and O–H groups in total. The molecule has 0 heterocycles. The van der Waals surface area contributed by atoms with Crippen molar-refractivity contribution < 1.29 is 18.3 Å². The van der Waals surface area contributed by atoms with E-state index in [1.165, 1.54) is 4.90 Å². The van der Waals surface area contributed by atoms with Gasteiger partial charge >= 0.3 is 0 Å². The van der Waals surface area contributed by atoms with Crippen LogP contribution in [0.5, 0.6) is 0 Å². The van der Waals surface area contributed by atoms with Crippen LogP contribution >= 0.6 is 0 Å². The van der Waals surface area contributed by atoms with Gasteiger partial charge in [-0.3, -0.25) is 4.79 Å². The van der Waals surface area contributed by atoms with E-state index in [0.29, 0.717) is 11.1 Å². The molecule has 0 unspecified atom stereocenters. The van der Waals surface area contributed by atoms with E-state index in [1.54, 1.807) is 31.3 Å². The highest BCUT2D eigenvalue weighted by molar-refractivity contribution is 7.90. The third kappa shape index (κ3) is 5.43. The Balaban J connectivity index is 2.72. The third-order valence-corrected chi connectivity index (χ3v) is 3.51. The zero-order valence-electron chi connectivity index (χ0n) is 11.5. The second-order valence-electron chi connectivity index (χ2n) is 4.39. The molecule has 1 aromatic rings. The lowest BCUT2D eigenvalue weighted by Crippen LogP contribution is -2.31. The Morgan fingerprint density at radius 3 is 2.40 bits per heavy atom. The van der Waals surface area contributed by atoms with Crippen LogP contribution in [0.25, 0.3) is 0 Å². The Labute approximate surface area is 119 Å². The summed E-state index contributed by atoms with van der Waals surface area (Å²) in [6.07, 6.45) is 1.14. The van der Waals surface area contributed by atoms with E-state index in [1.807, 2.05) is 0 Å². The van der Waals surface area contributed by atoms with Crippen molar-refractivity contribution in [1.82, 2.24) is 4.90 Å². The number of hydrogen-bond donors (Lipinski definition) is 1. The highest BCUT2D eigenvalue weighted by Gasteiger charge is 2.13. The molecule has 1 amide bonds. The summed E-state index contributed by atoms with van der Waals surface area (Å²) in [5.41, 5.74) is 1.17. The van der Waals surface area contributed by atoms with Crippen LogP contribution in [0.3, 0.4) is 0 Å². The molecule has 0 aliphatic heterocycles. The molecule has 20 heavy (non-hydrogen) atoms. The fourth-order valence-corrected chi connectivity index (χ4v) is 2.07. The van der Waals surface area contributed by atoms with Gasteiger partial charge in [0.25, 0.3) is 5.91 Å². The number of amides is 1. The molecule has 1 aromatic carbocycles. The van der Waals surface area contributed by atoms with Gasteiger partial charge in [-0.05, 0) is 24.3 Å². The van der Waals surface area contributed by atoms with Crippen LogP contribution in [0.1, 0.15) is 15.9 Å². The smallest absolute Gasteiger partial charge is 0.253 e. The van der Waals surface area contributed by atoms with Crippen molar-refractivity contribution in [3.8, 4) is 11.8 Å². The maximum Gasteiger partial charge on any atom is 0.253 e. The topological polar surface area (TPSA) is 74.7 Å². The molecule has 0 aromatic heterocycles. The number of benzene rings is 1. The minimum atomic E-state index is -3.09. The van der Waals surface area contributed by atoms with Crippen molar-refractivity contribution >= 4 is 15.7 Å². The summed E-state index contributed by atoms with van der Waals surface area (Å²) in [5.74, 6) is 4.95. The minimum Gasteiger partial charge on any atom is -0.384 e. The van der Waals surface area contributed by atoms with Crippen LogP contribution in [-0.2, 0) is 9.84 Å². The molecular formula is C14H17NO4S. The fraction of sp³-hybridized carbons (Fsp3) is 0.357. The summed E-state index contributed by atoms with van der Waals surface area (Å²) in [7, 11) is -1.53. The maximum atomic E-state index is 12.0. The van der Waals surface area contributed by atoms with Crippen molar-refractivity contribution in [3.63, 3.8) is 0 Å². The summed E-state index contributed by atoms with van der Waals surface area (Å²) in [5, 5.41) is 8.58. The summed E-state index contributed by atoms with van der Waals surface area (Å²) >= 11 is 0. The zero-order valence-corrected chi connectivity index (χ0v) is 12.3. The van der Waals surface area contributed by atoms with E-state index < -0.39 is 9.84 Å². The second-order valence-corrected chi connectivity index (χ2v) is 6.65. The lowest BCUT2D eigenvalue weighted by atomic mass is 10.1. The average molecular weight is 295 g/mol. The highest BCUT2D eigenvalue weighted by atomic mass is 32.2. The van der Waals surface area contributed by atoms with Gasteiger partial charge in [-0.2, -0.15) is 0 Å². The first-order valence-electron chi connectivity index (χ1n) is 5.96. The predicted molar refractivity (Wildman–Crippen MR) is 77.1 cm³/mol. The predicted octanol–water partition coefficient (Wildman–Crippen LogP) is 0.147. The number of aliphatic hydroxyl groups excluding tert-OH is 1. The lowest BCUT2D eigenvalue weighted by Gasteiger charge is -2.16. The van der Waals surface area contributed by atoms with Gasteiger partial charge in [0.2, 0.25) is 0 Å². The van der Waals surface area contributed by atoms with Crippen molar-refractivity contribution in [2.24, 2.45) is 0 Å². The molecule has 0 radical (unpaired) electrons. The summed E-state index contributed by atoms with van der Waals surface area (Å²) in [6, 6.07) is 6.61. The van der Waals surface area contributed by atoms with Crippen LogP contribution in [0.2, 0.25) is 0 Å². The van der Waals surface area contributed by atoms with Gasteiger partial charge in [0.15, 0.2) is 0 Å². The Bertz CT molecular complexity index is 623. The molecule has 0 aliphatic rings. The van der Waals surface area contributed by atoms with Crippen LogP contribution in [0, 0.1) is 11.8 Å². The monoisotopic (exact) mass is 295 g/mol. The molecular weight excluding hydrogens is 278 g/mol. The van der Waals surface area contributed by atoms with Gasteiger partial charge in [-0.15, -0.1) is 0 Å². The van der Waals surface area contributed by atoms with Gasteiger partial charge in [-0.25, -0.2) is 8.42 Å². The molecule has 5 nitrogen and oxygen atoms in total. The zero-order chi connectivity index (χ0) is 15.2. The molecule has 0 aliphatic carbocycles. The van der Waals surface area contributed by atoms with Crippen LogP contribution < -0.4 is 0 Å². The molecule has 0 atom stereocenters. The van der Waals surface area contributed by atoms with E-state index in [0.717, 1.165) is 6.26 Å². The fourth-order valence-electron chi connectivity index (χ4n) is 1.46. The normalized spacial score (nSPS) is 10.6. The summed E-state index contributed by atoms with van der Waals surface area (Å²) in [6.45, 7) is -0.0569. The minimum absolute atomic E-state index is 0.0602. The van der Waals surface area contributed by atoms with Crippen molar-refractivity contribution in [1.29, 1.82) is 0 Å². The standard InChI is InChI=1S/C14H17NO4S/c1-15(9-11-20(2,18)19)14(17)13-7-5-12(6-8-13)4-3-10-16/h5-8,16H,9-11H2,1-2H3. The number of carbonyl (C=O) groups excluding carboxylic acids is 1. The van der Waals surface area contributed by atoms with Crippen molar-refractivity contribution in [2.45, 2.75) is 0 Å². The van der Waals surface area contributed by atoms with Gasteiger partial charge < -0.3 is 10.0 Å². The van der Waals surface area contributed by atoms with Crippen LogP contribution in [-0.4, -0.2) is 56.5 Å². The number of nitrogens with zero attached hydrogens (tertiary/aromatic N) is 1. The number of aliphatic hydroxyl groups is 1. The van der Waals surface area contributed by atoms with E-state index in [4.69, 9.17) is 5.11 Å². The van der Waals surface area contributed by atoms with Gasteiger partial charge in [0.05, 0.1) is 5.75 Å². The van der Waals surface area contributed by atoms with Crippen LogP contribution in [0.15, 0.2) is 24.3 Å². The average Bonchev–Trinajstić information content (AvgIpc) is 2.41. The number of sulfone groups is 1. The molecule has 0 saturated carbocycles. The molecule has 0 bridgehead atoms. The van der Waals surface area contributed by atoms with Gasteiger partial charge in [0, 0.05) is 31.0 Å². The molecule has 0 saturated heterocycles. The summed E-state index contributed by atoms with van der Waals surface area (Å²) in [4.78, 5) is 13.4. The van der Waals surface area contributed by atoms with E-state index in [9.17, 15) is 13.2 Å². The van der Waals surface area contributed by atoms with Crippen LogP contribution in [0.4, 0.5) is 0 Å². The maximum absolute atomic E-state index is 12.0. The third-order valence-electron chi connectivity index (χ3n) is 2.59. The van der Waals surface area contributed by atoms with Crippen molar-refractivity contribution in [3.05, 3.63) is 35.4 Å². The second kappa shape index (κ2) is 7.08. The highest BCUT2D eigenvalue weighted by Crippen LogP contribution is 2.06. The Morgan fingerprint density at radius 2 is 1.90 bits per heavy atom. The van der Waals surface area contributed by atoms with Crippen molar-refractivity contribution in [2.75, 3.05) is 32.2 Å². The van der Waals surface area contributed by atoms with E-state index in [-0.39, 0.29) is 24.8 Å². The number of hydrogen-bond acceptors (Lipinski definition) is 4. The molecule has 1 rings (SSSR count). The SMILES string of the molecule is CN(CCS(C)(=O)=O)C(=O)c1ccc(C#CCO)cc1. The van der Waals surface area contributed by atoms with E-state index in [2.05, 4.69) is 11.8 Å². The van der Waals surface area contributed by atoms with Gasteiger partial charge in [-0.1, -0.05) is 11.8 Å².